The fraction of sp³-hybridized carbons (Fsp3) is 0.312. The molecule has 0 saturated carbocycles. The molecule has 0 aliphatic rings. The van der Waals surface area contributed by atoms with Crippen LogP contribution in [0.15, 0.2) is 30.5 Å². The van der Waals surface area contributed by atoms with Crippen molar-refractivity contribution in [1.29, 1.82) is 0 Å². The molecule has 3 aromatic rings. The summed E-state index contributed by atoms with van der Waals surface area (Å²) in [5, 5.41) is 15.3. The second kappa shape index (κ2) is 5.97. The SMILES string of the molecule is CN(C)CCNCc1cc2c(cnc3ccc(O)cc32)s1. The average molecular weight is 301 g/mol. The van der Waals surface area contributed by atoms with E-state index in [-0.39, 0.29) is 5.75 Å². The minimum atomic E-state index is 0.286. The molecule has 2 heterocycles. The maximum atomic E-state index is 9.68. The molecule has 0 saturated heterocycles. The molecule has 21 heavy (non-hydrogen) atoms. The van der Waals surface area contributed by atoms with Gasteiger partial charge in [0.15, 0.2) is 0 Å². The van der Waals surface area contributed by atoms with Crippen molar-refractivity contribution in [3.8, 4) is 5.75 Å². The normalized spacial score (nSPS) is 11.8. The first-order valence-corrected chi connectivity index (χ1v) is 7.81. The lowest BCUT2D eigenvalue weighted by Gasteiger charge is -2.09. The number of thiophene rings is 1. The van der Waals surface area contributed by atoms with E-state index in [9.17, 15) is 5.11 Å². The van der Waals surface area contributed by atoms with Crippen LogP contribution in [0.2, 0.25) is 0 Å². The van der Waals surface area contributed by atoms with E-state index in [4.69, 9.17) is 0 Å². The number of hydrogen-bond donors (Lipinski definition) is 2. The zero-order chi connectivity index (χ0) is 14.8. The van der Waals surface area contributed by atoms with E-state index in [0.717, 1.165) is 35.2 Å². The maximum Gasteiger partial charge on any atom is 0.116 e. The zero-order valence-corrected chi connectivity index (χ0v) is 13.1. The van der Waals surface area contributed by atoms with Crippen molar-refractivity contribution in [2.75, 3.05) is 27.2 Å². The van der Waals surface area contributed by atoms with Gasteiger partial charge in [-0.3, -0.25) is 4.98 Å². The Balaban J connectivity index is 1.85. The summed E-state index contributed by atoms with van der Waals surface area (Å²) in [5.41, 5.74) is 0.921. The average Bonchev–Trinajstić information content (AvgIpc) is 2.87. The number of aromatic nitrogens is 1. The molecule has 3 rings (SSSR count). The third kappa shape index (κ3) is 3.15. The number of nitrogens with zero attached hydrogens (tertiary/aromatic N) is 2. The number of phenols is 1. The Morgan fingerprint density at radius 1 is 1.24 bits per heavy atom. The molecule has 0 unspecified atom stereocenters. The Bertz CT molecular complexity index is 767. The number of likely N-dealkylation sites (N-methyl/N-ethyl adjacent to an activating group) is 1. The fourth-order valence-electron chi connectivity index (χ4n) is 2.35. The molecule has 0 radical (unpaired) electrons. The zero-order valence-electron chi connectivity index (χ0n) is 12.3. The van der Waals surface area contributed by atoms with Crippen LogP contribution >= 0.6 is 11.3 Å². The van der Waals surface area contributed by atoms with Crippen molar-refractivity contribution in [1.82, 2.24) is 15.2 Å². The van der Waals surface area contributed by atoms with Crippen LogP contribution in [0.25, 0.3) is 21.0 Å². The predicted molar refractivity (Wildman–Crippen MR) is 89.1 cm³/mol. The number of aromatic hydroxyl groups is 1. The van der Waals surface area contributed by atoms with Gasteiger partial charge >= 0.3 is 0 Å². The minimum absolute atomic E-state index is 0.286. The number of benzene rings is 1. The summed E-state index contributed by atoms with van der Waals surface area (Å²) in [5.74, 6) is 0.286. The molecule has 1 aromatic carbocycles. The van der Waals surface area contributed by atoms with Crippen LogP contribution in [0.1, 0.15) is 4.88 Å². The molecule has 5 heteroatoms. The van der Waals surface area contributed by atoms with Gasteiger partial charge in [-0.25, -0.2) is 0 Å². The van der Waals surface area contributed by atoms with Crippen molar-refractivity contribution < 1.29 is 5.11 Å². The summed E-state index contributed by atoms with van der Waals surface area (Å²) < 4.78 is 1.16. The van der Waals surface area contributed by atoms with Gasteiger partial charge in [-0.1, -0.05) is 0 Å². The summed E-state index contributed by atoms with van der Waals surface area (Å²) in [7, 11) is 4.15. The van der Waals surface area contributed by atoms with Crippen LogP contribution in [-0.2, 0) is 6.54 Å². The van der Waals surface area contributed by atoms with Crippen molar-refractivity contribution >= 4 is 32.3 Å². The van der Waals surface area contributed by atoms with Crippen molar-refractivity contribution in [3.63, 3.8) is 0 Å². The highest BCUT2D eigenvalue weighted by atomic mass is 32.1. The second-order valence-corrected chi connectivity index (χ2v) is 6.60. The predicted octanol–water partition coefficient (Wildman–Crippen LogP) is 2.81. The summed E-state index contributed by atoms with van der Waals surface area (Å²) >= 11 is 1.76. The molecule has 0 aliphatic heterocycles. The Labute approximate surface area is 128 Å². The van der Waals surface area contributed by atoms with Crippen LogP contribution in [0.3, 0.4) is 0 Å². The molecule has 0 bridgehead atoms. The molecule has 2 N–H and O–H groups in total. The van der Waals surface area contributed by atoms with Gasteiger partial charge in [0.25, 0.3) is 0 Å². The van der Waals surface area contributed by atoms with Crippen molar-refractivity contribution in [3.05, 3.63) is 35.3 Å². The minimum Gasteiger partial charge on any atom is -0.508 e. The quantitative estimate of drug-likeness (QED) is 0.712. The van der Waals surface area contributed by atoms with Crippen LogP contribution in [0.5, 0.6) is 5.75 Å². The van der Waals surface area contributed by atoms with E-state index in [2.05, 4.69) is 35.4 Å². The van der Waals surface area contributed by atoms with Crippen LogP contribution < -0.4 is 5.32 Å². The first kappa shape index (κ1) is 14.3. The van der Waals surface area contributed by atoms with Crippen molar-refractivity contribution in [2.45, 2.75) is 6.54 Å². The highest BCUT2D eigenvalue weighted by Gasteiger charge is 2.07. The van der Waals surface area contributed by atoms with E-state index in [1.54, 1.807) is 23.5 Å². The van der Waals surface area contributed by atoms with E-state index >= 15 is 0 Å². The smallest absolute Gasteiger partial charge is 0.116 e. The summed E-state index contributed by atoms with van der Waals surface area (Å²) in [6.45, 7) is 2.87. The number of fused-ring (bicyclic) bond motifs is 3. The van der Waals surface area contributed by atoms with Gasteiger partial charge in [0.1, 0.15) is 5.75 Å². The second-order valence-electron chi connectivity index (χ2n) is 5.43. The van der Waals surface area contributed by atoms with Gasteiger partial charge < -0.3 is 15.3 Å². The molecular weight excluding hydrogens is 282 g/mol. The molecular formula is C16H19N3OS. The molecule has 0 atom stereocenters. The van der Waals surface area contributed by atoms with Gasteiger partial charge in [-0.2, -0.15) is 0 Å². The van der Waals surface area contributed by atoms with Crippen LogP contribution in [0, 0.1) is 0 Å². The standard InChI is InChI=1S/C16H19N3OS/c1-19(2)6-5-17-9-12-8-14-13-7-11(20)3-4-15(13)18-10-16(14)21-12/h3-4,7-8,10,17,20H,5-6,9H2,1-2H3. The van der Waals surface area contributed by atoms with E-state index in [0.29, 0.717) is 0 Å². The number of pyridine rings is 1. The van der Waals surface area contributed by atoms with E-state index in [1.165, 1.54) is 10.3 Å². The summed E-state index contributed by atoms with van der Waals surface area (Å²) in [6, 6.07) is 7.53. The first-order chi connectivity index (χ1) is 10.1. The van der Waals surface area contributed by atoms with E-state index < -0.39 is 0 Å². The molecule has 0 amide bonds. The third-order valence-corrected chi connectivity index (χ3v) is 4.51. The molecule has 0 aliphatic carbocycles. The first-order valence-electron chi connectivity index (χ1n) is 6.99. The van der Waals surface area contributed by atoms with Crippen LogP contribution in [0.4, 0.5) is 0 Å². The van der Waals surface area contributed by atoms with Gasteiger partial charge in [-0.05, 0) is 38.4 Å². The lowest BCUT2D eigenvalue weighted by Crippen LogP contribution is -2.25. The Morgan fingerprint density at radius 2 is 2.10 bits per heavy atom. The number of hydrogen-bond acceptors (Lipinski definition) is 5. The summed E-state index contributed by atoms with van der Waals surface area (Å²) in [6.07, 6.45) is 1.92. The highest BCUT2D eigenvalue weighted by Crippen LogP contribution is 2.32. The largest absolute Gasteiger partial charge is 0.508 e. The van der Waals surface area contributed by atoms with E-state index in [1.807, 2.05) is 12.3 Å². The topological polar surface area (TPSA) is 48.4 Å². The number of rotatable bonds is 5. The fourth-order valence-corrected chi connectivity index (χ4v) is 3.36. The van der Waals surface area contributed by atoms with Gasteiger partial charge in [-0.15, -0.1) is 11.3 Å². The summed E-state index contributed by atoms with van der Waals surface area (Å²) in [4.78, 5) is 7.91. The third-order valence-electron chi connectivity index (χ3n) is 3.44. The lowest BCUT2D eigenvalue weighted by molar-refractivity contribution is 0.400. The molecule has 0 spiro atoms. The van der Waals surface area contributed by atoms with Crippen molar-refractivity contribution in [2.24, 2.45) is 0 Å². The number of phenolic OH excluding ortho intramolecular Hbond substituents is 1. The molecule has 4 nitrogen and oxygen atoms in total. The maximum absolute atomic E-state index is 9.68. The Morgan fingerprint density at radius 3 is 2.90 bits per heavy atom. The van der Waals surface area contributed by atoms with Gasteiger partial charge in [0.05, 0.1) is 10.2 Å². The van der Waals surface area contributed by atoms with Gasteiger partial charge in [0.2, 0.25) is 0 Å². The lowest BCUT2D eigenvalue weighted by atomic mass is 10.1. The Hall–Kier alpha value is -1.69. The van der Waals surface area contributed by atoms with Gasteiger partial charge in [0, 0.05) is 41.5 Å². The van der Waals surface area contributed by atoms with Crippen LogP contribution in [-0.4, -0.2) is 42.2 Å². The number of nitrogens with one attached hydrogen (secondary N) is 1. The molecule has 110 valence electrons. The monoisotopic (exact) mass is 301 g/mol. The Kier molecular flexibility index (Phi) is 4.05. The molecule has 0 fully saturated rings. The highest BCUT2D eigenvalue weighted by molar-refractivity contribution is 7.19. The molecule has 2 aromatic heterocycles.